The number of carbonyl (C=O) groups excluding carboxylic acids is 1. The van der Waals surface area contributed by atoms with Gasteiger partial charge in [0.25, 0.3) is 11.6 Å². The first-order chi connectivity index (χ1) is 9.77. The Morgan fingerprint density at radius 3 is 2.43 bits per heavy atom. The summed E-state index contributed by atoms with van der Waals surface area (Å²) in [5.74, 6) is -3.19. The van der Waals surface area contributed by atoms with Gasteiger partial charge in [0.1, 0.15) is 5.56 Å². The molecule has 0 radical (unpaired) electrons. The van der Waals surface area contributed by atoms with Gasteiger partial charge in [-0.25, -0.2) is 8.78 Å². The molecule has 0 saturated heterocycles. The Balaban J connectivity index is 3.11. The molecule has 1 aromatic rings. The van der Waals surface area contributed by atoms with E-state index in [-0.39, 0.29) is 12.0 Å². The largest absolute Gasteiger partial charge is 0.349 e. The van der Waals surface area contributed by atoms with Crippen molar-refractivity contribution >= 4 is 23.2 Å². The van der Waals surface area contributed by atoms with E-state index in [1.54, 1.807) is 0 Å². The molecule has 1 amide bonds. The number of alkyl halides is 1. The van der Waals surface area contributed by atoms with Crippen LogP contribution in [0.3, 0.4) is 0 Å². The minimum Gasteiger partial charge on any atom is -0.349 e. The summed E-state index contributed by atoms with van der Waals surface area (Å²) in [6.45, 7) is 3.69. The van der Waals surface area contributed by atoms with Gasteiger partial charge < -0.3 is 5.32 Å². The Morgan fingerprint density at radius 2 is 1.95 bits per heavy atom. The molecule has 0 fully saturated rings. The van der Waals surface area contributed by atoms with Crippen LogP contribution in [0, 0.1) is 27.7 Å². The van der Waals surface area contributed by atoms with E-state index in [4.69, 9.17) is 11.6 Å². The van der Waals surface area contributed by atoms with Gasteiger partial charge in [-0.2, -0.15) is 0 Å². The van der Waals surface area contributed by atoms with Crippen LogP contribution in [0.15, 0.2) is 12.1 Å². The molecule has 1 N–H and O–H groups in total. The highest BCUT2D eigenvalue weighted by atomic mass is 35.5. The average Bonchev–Trinajstić information content (AvgIpc) is 2.40. The van der Waals surface area contributed by atoms with Crippen molar-refractivity contribution in [3.05, 3.63) is 39.4 Å². The zero-order chi connectivity index (χ0) is 16.2. The van der Waals surface area contributed by atoms with Crippen molar-refractivity contribution in [2.45, 2.75) is 26.3 Å². The van der Waals surface area contributed by atoms with E-state index in [0.29, 0.717) is 24.4 Å². The average molecular weight is 321 g/mol. The minimum absolute atomic E-state index is 0.0389. The molecule has 0 spiro atoms. The van der Waals surface area contributed by atoms with Gasteiger partial charge in [-0.3, -0.25) is 14.9 Å². The number of nitrogens with zero attached hydrogens (tertiary/aromatic N) is 1. The summed E-state index contributed by atoms with van der Waals surface area (Å²) >= 11 is 5.63. The number of amides is 1. The summed E-state index contributed by atoms with van der Waals surface area (Å²) in [4.78, 5) is 22.0. The smallest absolute Gasteiger partial charge is 0.285 e. The van der Waals surface area contributed by atoms with E-state index < -0.39 is 33.7 Å². The number of rotatable bonds is 6. The van der Waals surface area contributed by atoms with Crippen molar-refractivity contribution in [2.24, 2.45) is 5.92 Å². The van der Waals surface area contributed by atoms with Crippen LogP contribution >= 0.6 is 11.6 Å². The Bertz CT molecular complexity index is 552. The van der Waals surface area contributed by atoms with Gasteiger partial charge in [-0.05, 0) is 18.4 Å². The molecular formula is C13H15ClF2N2O3. The number of nitrogens with one attached hydrogen (secondary N) is 1. The summed E-state index contributed by atoms with van der Waals surface area (Å²) < 4.78 is 26.3. The second kappa shape index (κ2) is 7.31. The first kappa shape index (κ1) is 17.3. The number of carbonyl (C=O) groups is 1. The molecule has 21 heavy (non-hydrogen) atoms. The Hall–Kier alpha value is -1.76. The highest BCUT2D eigenvalue weighted by molar-refractivity contribution is 6.17. The Morgan fingerprint density at radius 1 is 1.38 bits per heavy atom. The molecular weight excluding hydrogens is 306 g/mol. The molecule has 1 aromatic carbocycles. The number of benzene rings is 1. The number of halogens is 3. The lowest BCUT2D eigenvalue weighted by Gasteiger charge is -2.21. The summed E-state index contributed by atoms with van der Waals surface area (Å²) in [5, 5.41) is 13.4. The fourth-order valence-electron chi connectivity index (χ4n) is 1.81. The lowest BCUT2D eigenvalue weighted by atomic mass is 10.0. The zero-order valence-electron chi connectivity index (χ0n) is 11.5. The quantitative estimate of drug-likeness (QED) is 0.497. The van der Waals surface area contributed by atoms with Crippen LogP contribution in [0.1, 0.15) is 30.6 Å². The van der Waals surface area contributed by atoms with E-state index >= 15 is 0 Å². The van der Waals surface area contributed by atoms with Crippen LogP contribution in [0.4, 0.5) is 14.5 Å². The molecule has 5 nitrogen and oxygen atoms in total. The van der Waals surface area contributed by atoms with Crippen LogP contribution < -0.4 is 5.32 Å². The van der Waals surface area contributed by atoms with Crippen molar-refractivity contribution in [2.75, 3.05) is 5.88 Å². The van der Waals surface area contributed by atoms with Crippen LogP contribution in [0.25, 0.3) is 0 Å². The maximum atomic E-state index is 13.2. The summed E-state index contributed by atoms with van der Waals surface area (Å²) in [6.07, 6.45) is 0.461. The highest BCUT2D eigenvalue weighted by Crippen LogP contribution is 2.22. The van der Waals surface area contributed by atoms with Crippen LogP contribution in [0.2, 0.25) is 0 Å². The predicted octanol–water partition coefficient (Wildman–Crippen LogP) is 3.26. The topological polar surface area (TPSA) is 72.2 Å². The third kappa shape index (κ3) is 4.35. The third-order valence-electron chi connectivity index (χ3n) is 3.02. The number of nitro groups is 1. The van der Waals surface area contributed by atoms with Gasteiger partial charge in [-0.1, -0.05) is 13.8 Å². The Labute approximate surface area is 125 Å². The van der Waals surface area contributed by atoms with E-state index in [1.165, 1.54) is 0 Å². The van der Waals surface area contributed by atoms with Crippen LogP contribution in [0.5, 0.6) is 0 Å². The molecule has 1 unspecified atom stereocenters. The molecule has 0 saturated carbocycles. The van der Waals surface area contributed by atoms with Gasteiger partial charge >= 0.3 is 0 Å². The third-order valence-corrected chi connectivity index (χ3v) is 3.24. The van der Waals surface area contributed by atoms with Crippen molar-refractivity contribution in [3.8, 4) is 0 Å². The lowest BCUT2D eigenvalue weighted by molar-refractivity contribution is -0.385. The predicted molar refractivity (Wildman–Crippen MR) is 74.4 cm³/mol. The lowest BCUT2D eigenvalue weighted by Crippen LogP contribution is -2.39. The van der Waals surface area contributed by atoms with Gasteiger partial charge in [-0.15, -0.1) is 11.6 Å². The molecule has 0 aliphatic heterocycles. The standard InChI is InChI=1S/C13H15ClF2N2O3/c1-7(2)11(3-4-14)17-13(19)8-5-9(15)10(16)6-12(8)18(20)21/h5-7,11H,3-4H2,1-2H3,(H,17,19). The number of hydrogen-bond donors (Lipinski definition) is 1. The maximum absolute atomic E-state index is 13.2. The number of nitro benzene ring substituents is 1. The summed E-state index contributed by atoms with van der Waals surface area (Å²) in [6, 6.07) is 0.611. The molecule has 116 valence electrons. The monoisotopic (exact) mass is 320 g/mol. The zero-order valence-corrected chi connectivity index (χ0v) is 12.3. The van der Waals surface area contributed by atoms with Gasteiger partial charge in [0.05, 0.1) is 11.0 Å². The SMILES string of the molecule is CC(C)C(CCCl)NC(=O)c1cc(F)c(F)cc1[N+](=O)[O-]. The second-order valence-corrected chi connectivity index (χ2v) is 5.22. The van der Waals surface area contributed by atoms with Crippen molar-refractivity contribution in [1.29, 1.82) is 0 Å². The minimum atomic E-state index is -1.38. The first-order valence-electron chi connectivity index (χ1n) is 6.28. The molecule has 0 aliphatic rings. The van der Waals surface area contributed by atoms with Crippen molar-refractivity contribution in [1.82, 2.24) is 5.32 Å². The van der Waals surface area contributed by atoms with E-state index in [1.807, 2.05) is 13.8 Å². The van der Waals surface area contributed by atoms with Crippen molar-refractivity contribution in [3.63, 3.8) is 0 Å². The second-order valence-electron chi connectivity index (χ2n) is 4.84. The molecule has 0 aromatic heterocycles. The molecule has 1 rings (SSSR count). The summed E-state index contributed by atoms with van der Waals surface area (Å²) in [7, 11) is 0. The van der Waals surface area contributed by atoms with Crippen molar-refractivity contribution < 1.29 is 18.5 Å². The molecule has 0 bridgehead atoms. The number of hydrogen-bond acceptors (Lipinski definition) is 3. The molecule has 0 heterocycles. The molecule has 1 atom stereocenters. The van der Waals surface area contributed by atoms with Gasteiger partial charge in [0, 0.05) is 11.9 Å². The fraction of sp³-hybridized carbons (Fsp3) is 0.462. The highest BCUT2D eigenvalue weighted by Gasteiger charge is 2.26. The molecule has 8 heteroatoms. The summed E-state index contributed by atoms with van der Waals surface area (Å²) in [5.41, 5.74) is -1.29. The fourth-order valence-corrected chi connectivity index (χ4v) is 2.04. The Kier molecular flexibility index (Phi) is 6.02. The van der Waals surface area contributed by atoms with Crippen LogP contribution in [-0.4, -0.2) is 22.8 Å². The van der Waals surface area contributed by atoms with E-state index in [9.17, 15) is 23.7 Å². The van der Waals surface area contributed by atoms with E-state index in [2.05, 4.69) is 5.32 Å². The van der Waals surface area contributed by atoms with Gasteiger partial charge in [0.2, 0.25) is 0 Å². The molecule has 0 aliphatic carbocycles. The van der Waals surface area contributed by atoms with E-state index in [0.717, 1.165) is 0 Å². The first-order valence-corrected chi connectivity index (χ1v) is 6.81. The van der Waals surface area contributed by atoms with Crippen LogP contribution in [-0.2, 0) is 0 Å². The normalized spacial score (nSPS) is 12.3. The maximum Gasteiger partial charge on any atom is 0.285 e. The van der Waals surface area contributed by atoms with Gasteiger partial charge in [0.15, 0.2) is 11.6 Å².